The molecule has 2 atom stereocenters. The highest BCUT2D eigenvalue weighted by molar-refractivity contribution is 5.95. The average Bonchev–Trinajstić information content (AvgIpc) is 3.61. The van der Waals surface area contributed by atoms with Crippen molar-refractivity contribution in [3.63, 3.8) is 0 Å². The van der Waals surface area contributed by atoms with E-state index in [1.807, 2.05) is 30.3 Å². The molecule has 2 aliphatic carbocycles. The van der Waals surface area contributed by atoms with Crippen LogP contribution >= 0.6 is 0 Å². The first-order chi connectivity index (χ1) is 16.5. The van der Waals surface area contributed by atoms with Crippen LogP contribution in [0.5, 0.6) is 0 Å². The minimum Gasteiger partial charge on any atom is -0.444 e. The fourth-order valence-electron chi connectivity index (χ4n) is 4.50. The van der Waals surface area contributed by atoms with E-state index in [9.17, 15) is 19.2 Å². The number of ether oxygens (including phenoxy) is 1. The van der Waals surface area contributed by atoms with Crippen LogP contribution in [0.3, 0.4) is 0 Å². The van der Waals surface area contributed by atoms with Gasteiger partial charge >= 0.3 is 6.09 Å². The Morgan fingerprint density at radius 3 is 2.20 bits per heavy atom. The van der Waals surface area contributed by atoms with Crippen molar-refractivity contribution in [2.75, 3.05) is 0 Å². The van der Waals surface area contributed by atoms with Gasteiger partial charge in [0, 0.05) is 12.1 Å². The van der Waals surface area contributed by atoms with E-state index in [1.165, 1.54) is 4.90 Å². The van der Waals surface area contributed by atoms with Gasteiger partial charge in [0.25, 0.3) is 0 Å². The van der Waals surface area contributed by atoms with Crippen molar-refractivity contribution >= 4 is 23.8 Å². The van der Waals surface area contributed by atoms with Crippen molar-refractivity contribution < 1.29 is 23.9 Å². The van der Waals surface area contributed by atoms with Crippen LogP contribution in [0, 0.1) is 0 Å². The van der Waals surface area contributed by atoms with E-state index in [-0.39, 0.29) is 18.0 Å². The number of nitrogens with zero attached hydrogens (tertiary/aromatic N) is 1. The van der Waals surface area contributed by atoms with Crippen LogP contribution in [0.4, 0.5) is 4.79 Å². The van der Waals surface area contributed by atoms with Gasteiger partial charge in [-0.05, 0) is 52.0 Å². The van der Waals surface area contributed by atoms with Crippen LogP contribution in [-0.2, 0) is 19.1 Å². The molecule has 4 N–H and O–H groups in total. The molecule has 2 fully saturated rings. The summed E-state index contributed by atoms with van der Waals surface area (Å²) in [7, 11) is 0. The third-order valence-electron chi connectivity index (χ3n) is 6.18. The van der Waals surface area contributed by atoms with Crippen LogP contribution in [0.1, 0.15) is 83.7 Å². The van der Waals surface area contributed by atoms with E-state index in [2.05, 4.69) is 10.6 Å². The lowest BCUT2D eigenvalue weighted by molar-refractivity contribution is -0.144. The molecule has 1 aromatic carbocycles. The Labute approximate surface area is 207 Å². The average molecular weight is 487 g/mol. The van der Waals surface area contributed by atoms with Crippen molar-refractivity contribution in [3.8, 4) is 0 Å². The molecule has 4 amide bonds. The molecule has 3 rings (SSSR count). The van der Waals surface area contributed by atoms with Crippen LogP contribution in [-0.4, -0.2) is 52.4 Å². The number of primary amides is 1. The number of benzene rings is 1. The van der Waals surface area contributed by atoms with Gasteiger partial charge in [-0.3, -0.25) is 14.4 Å². The quantitative estimate of drug-likeness (QED) is 0.494. The van der Waals surface area contributed by atoms with E-state index in [4.69, 9.17) is 10.5 Å². The molecule has 1 aromatic rings. The second kappa shape index (κ2) is 11.6. The highest BCUT2D eigenvalue weighted by Gasteiger charge is 2.44. The Hall–Kier alpha value is -3.10. The Kier molecular flexibility index (Phi) is 8.75. The first kappa shape index (κ1) is 26.5. The van der Waals surface area contributed by atoms with Crippen molar-refractivity contribution in [1.29, 1.82) is 0 Å². The lowest BCUT2D eigenvalue weighted by Gasteiger charge is -2.35. The minimum atomic E-state index is -1.24. The van der Waals surface area contributed by atoms with Crippen LogP contribution in [0.2, 0.25) is 0 Å². The highest BCUT2D eigenvalue weighted by Crippen LogP contribution is 2.36. The van der Waals surface area contributed by atoms with Gasteiger partial charge in [0.2, 0.25) is 17.7 Å². The zero-order valence-corrected chi connectivity index (χ0v) is 20.9. The number of nitrogens with one attached hydrogen (secondary N) is 2. The van der Waals surface area contributed by atoms with Gasteiger partial charge in [0.15, 0.2) is 0 Å². The smallest absolute Gasteiger partial charge is 0.408 e. The third kappa shape index (κ3) is 7.97. The molecule has 0 aliphatic heterocycles. The van der Waals surface area contributed by atoms with Gasteiger partial charge in [-0.15, -0.1) is 0 Å². The summed E-state index contributed by atoms with van der Waals surface area (Å²) < 4.78 is 5.30. The van der Waals surface area contributed by atoms with E-state index >= 15 is 0 Å². The van der Waals surface area contributed by atoms with E-state index in [1.54, 1.807) is 20.8 Å². The van der Waals surface area contributed by atoms with Crippen LogP contribution in [0.15, 0.2) is 30.3 Å². The Morgan fingerprint density at radius 2 is 1.66 bits per heavy atom. The summed E-state index contributed by atoms with van der Waals surface area (Å²) in [5, 5.41) is 5.66. The third-order valence-corrected chi connectivity index (χ3v) is 6.18. The summed E-state index contributed by atoms with van der Waals surface area (Å²) in [6, 6.07) is 6.92. The molecule has 9 heteroatoms. The molecule has 0 aromatic heterocycles. The van der Waals surface area contributed by atoms with E-state index in [0.717, 1.165) is 44.9 Å². The van der Waals surface area contributed by atoms with Crippen molar-refractivity contribution in [3.05, 3.63) is 35.9 Å². The second-order valence-electron chi connectivity index (χ2n) is 10.5. The van der Waals surface area contributed by atoms with Crippen LogP contribution < -0.4 is 16.4 Å². The molecule has 9 nitrogen and oxygen atoms in total. The lowest BCUT2D eigenvalue weighted by Crippen LogP contribution is -2.55. The number of carbonyl (C=O) groups is 4. The topological polar surface area (TPSA) is 131 Å². The molecular formula is C26H38N4O5. The maximum absolute atomic E-state index is 13.8. The molecule has 0 radical (unpaired) electrons. The molecule has 0 heterocycles. The van der Waals surface area contributed by atoms with Crippen LogP contribution in [0.25, 0.3) is 0 Å². The van der Waals surface area contributed by atoms with Gasteiger partial charge < -0.3 is 26.0 Å². The number of nitrogens with two attached hydrogens (primary N) is 1. The maximum atomic E-state index is 13.8. The first-order valence-corrected chi connectivity index (χ1v) is 12.5. The fraction of sp³-hybridized carbons (Fsp3) is 0.615. The number of hydrogen-bond acceptors (Lipinski definition) is 5. The van der Waals surface area contributed by atoms with Gasteiger partial charge in [-0.2, -0.15) is 0 Å². The summed E-state index contributed by atoms with van der Waals surface area (Å²) in [6.45, 7) is 5.11. The van der Waals surface area contributed by atoms with E-state index in [0.29, 0.717) is 5.56 Å². The number of rotatable bonds is 9. The fourth-order valence-corrected chi connectivity index (χ4v) is 4.50. The Balaban J connectivity index is 1.89. The summed E-state index contributed by atoms with van der Waals surface area (Å²) in [5.41, 5.74) is 5.31. The zero-order chi connectivity index (χ0) is 25.6. The van der Waals surface area contributed by atoms with Crippen molar-refractivity contribution in [2.24, 2.45) is 5.73 Å². The van der Waals surface area contributed by atoms with Gasteiger partial charge in [0.1, 0.15) is 17.7 Å². The second-order valence-corrected chi connectivity index (χ2v) is 10.5. The first-order valence-electron chi connectivity index (χ1n) is 12.5. The molecular weight excluding hydrogens is 448 g/mol. The number of hydrogen-bond donors (Lipinski definition) is 3. The number of amides is 4. The number of alkyl carbamates (subject to hydrolysis) is 1. The van der Waals surface area contributed by atoms with Crippen molar-refractivity contribution in [2.45, 2.75) is 102 Å². The van der Waals surface area contributed by atoms with Gasteiger partial charge in [-0.1, -0.05) is 49.6 Å². The molecule has 2 aliphatic rings. The Bertz CT molecular complexity index is 904. The largest absolute Gasteiger partial charge is 0.444 e. The summed E-state index contributed by atoms with van der Waals surface area (Å²) >= 11 is 0. The highest BCUT2D eigenvalue weighted by atomic mass is 16.6. The zero-order valence-electron chi connectivity index (χ0n) is 20.9. The maximum Gasteiger partial charge on any atom is 0.408 e. The van der Waals surface area contributed by atoms with Gasteiger partial charge in [0.05, 0.1) is 6.42 Å². The SMILES string of the molecule is CC(C)(C)OC(=O)NC(CC(N)=O)C(=O)N(C1CC1)C(C(=O)NC1CCCCC1)c1ccccc1. The lowest BCUT2D eigenvalue weighted by atomic mass is 9.94. The number of carbonyl (C=O) groups excluding carboxylic acids is 4. The summed E-state index contributed by atoms with van der Waals surface area (Å²) in [4.78, 5) is 53.3. The normalized spacial score (nSPS) is 18.1. The predicted molar refractivity (Wildman–Crippen MR) is 131 cm³/mol. The monoisotopic (exact) mass is 486 g/mol. The van der Waals surface area contributed by atoms with E-state index < -0.39 is 42.0 Å². The molecule has 35 heavy (non-hydrogen) atoms. The predicted octanol–water partition coefficient (Wildman–Crippen LogP) is 2.94. The standard InChI is InChI=1S/C26H38N4O5/c1-26(2,3)35-25(34)29-20(16-21(27)31)24(33)30(19-14-15-19)22(17-10-6-4-7-11-17)23(32)28-18-12-8-5-9-13-18/h4,6-7,10-11,18-20,22H,5,8-9,12-16H2,1-3H3,(H2,27,31)(H,28,32)(H,29,34). The summed E-state index contributed by atoms with van der Waals surface area (Å²) in [6.07, 6.45) is 5.36. The molecule has 0 spiro atoms. The minimum absolute atomic E-state index is 0.0694. The van der Waals surface area contributed by atoms with Crippen molar-refractivity contribution in [1.82, 2.24) is 15.5 Å². The Morgan fingerprint density at radius 1 is 1.03 bits per heavy atom. The van der Waals surface area contributed by atoms with Gasteiger partial charge in [-0.25, -0.2) is 4.79 Å². The molecule has 192 valence electrons. The molecule has 2 unspecified atom stereocenters. The molecule has 0 bridgehead atoms. The molecule has 2 saturated carbocycles. The molecule has 0 saturated heterocycles. The summed E-state index contributed by atoms with van der Waals surface area (Å²) in [5.74, 6) is -1.51.